The van der Waals surface area contributed by atoms with E-state index in [0.29, 0.717) is 11.8 Å². The van der Waals surface area contributed by atoms with Gasteiger partial charge in [-0.3, -0.25) is 4.90 Å². The summed E-state index contributed by atoms with van der Waals surface area (Å²) in [5.41, 5.74) is 5.36. The van der Waals surface area contributed by atoms with Crippen LogP contribution in [0.1, 0.15) is 24.5 Å². The van der Waals surface area contributed by atoms with Crippen LogP contribution in [0.2, 0.25) is 0 Å². The van der Waals surface area contributed by atoms with Gasteiger partial charge in [-0.25, -0.2) is 0 Å². The minimum absolute atomic E-state index is 0. The summed E-state index contributed by atoms with van der Waals surface area (Å²) in [4.78, 5) is 2.47. The van der Waals surface area contributed by atoms with Crippen LogP contribution in [0.4, 0.5) is 0 Å². The van der Waals surface area contributed by atoms with Gasteiger partial charge in [-0.2, -0.15) is 0 Å². The van der Waals surface area contributed by atoms with E-state index >= 15 is 0 Å². The van der Waals surface area contributed by atoms with Gasteiger partial charge in [0.25, 0.3) is 0 Å². The molecule has 0 saturated carbocycles. The second-order valence-electron chi connectivity index (χ2n) is 6.90. The number of rotatable bonds is 0. The van der Waals surface area contributed by atoms with Crippen molar-refractivity contribution in [2.45, 2.75) is 37.3 Å². The van der Waals surface area contributed by atoms with E-state index in [1.807, 2.05) is 0 Å². The van der Waals surface area contributed by atoms with Gasteiger partial charge in [-0.05, 0) is 56.1 Å². The number of allylic oxidation sites excluding steroid dienone is 2. The average molecular weight is 436 g/mol. The molecule has 0 unspecified atom stereocenters. The first kappa shape index (κ1) is 27.0. The molecule has 0 aromatic heterocycles. The SMILES string of the molecule is CC1=CC=C2[C@H]3Cc4ccc(O)c5c4[C@@]2(CCN3C)[C@H]1O5.[C-]#[O+].[C-]#[O+].[C-]#[O+].[CH3-].[Fe]. The molecule has 1 fully saturated rings. The van der Waals surface area contributed by atoms with Gasteiger partial charge in [-0.15, -0.1) is 0 Å². The summed E-state index contributed by atoms with van der Waals surface area (Å²) < 4.78 is 28.8. The molecule has 7 heteroatoms. The fourth-order valence-electron chi connectivity index (χ4n) is 5.00. The molecule has 1 N–H and O–H groups in total. The number of piperidine rings is 1. The van der Waals surface area contributed by atoms with E-state index in [4.69, 9.17) is 18.7 Å². The zero-order chi connectivity index (χ0) is 20.4. The molecule has 1 spiro atoms. The van der Waals surface area contributed by atoms with Crippen molar-refractivity contribution in [3.8, 4) is 11.5 Å². The summed E-state index contributed by atoms with van der Waals surface area (Å²) in [6, 6.07) is 4.36. The van der Waals surface area contributed by atoms with Gasteiger partial charge in [-0.1, -0.05) is 18.2 Å². The molecule has 154 valence electrons. The van der Waals surface area contributed by atoms with Crippen molar-refractivity contribution in [1.82, 2.24) is 4.90 Å². The van der Waals surface area contributed by atoms with Crippen LogP contribution in [-0.4, -0.2) is 35.7 Å². The number of phenolic OH excluding ortho intramolecular Hbond substituents is 1. The number of aromatic hydroxyl groups is 1. The second-order valence-corrected chi connectivity index (χ2v) is 6.90. The van der Waals surface area contributed by atoms with Crippen molar-refractivity contribution < 1.29 is 40.9 Å². The van der Waals surface area contributed by atoms with Crippen LogP contribution in [0, 0.1) is 27.4 Å². The normalized spacial score (nSPS) is 26.1. The van der Waals surface area contributed by atoms with Gasteiger partial charge in [0.1, 0.15) is 6.10 Å². The molecular weight excluding hydrogens is 414 g/mol. The van der Waals surface area contributed by atoms with Crippen LogP contribution in [0.15, 0.2) is 35.4 Å². The van der Waals surface area contributed by atoms with Crippen molar-refractivity contribution >= 4 is 0 Å². The minimum atomic E-state index is -0.0301. The monoisotopic (exact) mass is 436 g/mol. The first-order chi connectivity index (χ1) is 13.1. The molecular formula is C22H22FeNO5-. The fourth-order valence-corrected chi connectivity index (χ4v) is 5.00. The molecule has 1 aromatic carbocycles. The van der Waals surface area contributed by atoms with Crippen LogP contribution in [0.25, 0.3) is 0 Å². The van der Waals surface area contributed by atoms with Crippen molar-refractivity contribution in [1.29, 1.82) is 0 Å². The smallest absolute Gasteiger partial charge is 0 e. The summed E-state index contributed by atoms with van der Waals surface area (Å²) in [6.45, 7) is 16.7. The fraction of sp³-hybridized carbons (Fsp3) is 0.364. The molecule has 0 amide bonds. The van der Waals surface area contributed by atoms with Crippen molar-refractivity contribution in [2.75, 3.05) is 13.6 Å². The van der Waals surface area contributed by atoms with Crippen molar-refractivity contribution in [3.05, 3.63) is 73.9 Å². The van der Waals surface area contributed by atoms with E-state index in [9.17, 15) is 5.11 Å². The Balaban J connectivity index is 0.000000906. The number of hydrogen-bond donors (Lipinski definition) is 1. The van der Waals surface area contributed by atoms with Crippen molar-refractivity contribution in [2.24, 2.45) is 0 Å². The van der Waals surface area contributed by atoms with Gasteiger partial charge in [0.15, 0.2) is 11.5 Å². The largest absolute Gasteiger partial charge is 0.358 e. The summed E-state index contributed by atoms with van der Waals surface area (Å²) in [6.07, 6.45) is 6.69. The molecule has 3 atom stereocenters. The Hall–Kier alpha value is -2.00. The van der Waals surface area contributed by atoms with E-state index in [0.717, 1.165) is 25.1 Å². The summed E-state index contributed by atoms with van der Waals surface area (Å²) in [5.74, 6) is 1.03. The first-order valence-corrected chi connectivity index (χ1v) is 8.35. The Kier molecular flexibility index (Phi) is 9.95. The molecule has 29 heavy (non-hydrogen) atoms. The first-order valence-electron chi connectivity index (χ1n) is 8.35. The van der Waals surface area contributed by atoms with Crippen LogP contribution in [0.5, 0.6) is 11.5 Å². The molecule has 1 aromatic rings. The molecule has 5 rings (SSSR count). The Labute approximate surface area is 182 Å². The Morgan fingerprint density at radius 3 is 2.38 bits per heavy atom. The van der Waals surface area contributed by atoms with Gasteiger partial charge in [0.05, 0.1) is 5.41 Å². The third kappa shape index (κ3) is 3.66. The number of likely N-dealkylation sites (tertiary alicyclic amines) is 1. The van der Waals surface area contributed by atoms with Crippen LogP contribution in [0.3, 0.4) is 0 Å². The molecule has 2 aliphatic carbocycles. The standard InChI is InChI=1S/C18H19NO2.3CO.CH3.Fe/c1-10-3-5-12-13-9-11-4-6-14(20)16-15(11)18(12,17(10)21-16)7-8-19(13)2;3*1-2;;/h3-6,13,17,20H,7-9H2,1-2H3;;;;1H3;/q;;;;-1;/t13-,17+,18+;;;;;/m1...../s1. The maximum Gasteiger partial charge on any atom is 0 e. The van der Waals surface area contributed by atoms with Gasteiger partial charge >= 0.3 is 33.9 Å². The average Bonchev–Trinajstić information content (AvgIpc) is 3.08. The molecule has 1 saturated heterocycles. The molecule has 4 aliphatic rings. The molecule has 0 radical (unpaired) electrons. The number of phenols is 1. The Morgan fingerprint density at radius 1 is 1.14 bits per heavy atom. The number of likely N-dealkylation sites (N-methyl/N-ethyl adjacent to an activating group) is 1. The van der Waals surface area contributed by atoms with E-state index in [1.54, 1.807) is 6.07 Å². The minimum Gasteiger partial charge on any atom is -0.358 e. The van der Waals surface area contributed by atoms with Gasteiger partial charge in [0.2, 0.25) is 0 Å². The van der Waals surface area contributed by atoms with Crippen LogP contribution >= 0.6 is 0 Å². The number of ether oxygens (including phenoxy) is 1. The zero-order valence-electron chi connectivity index (χ0n) is 16.5. The molecule has 2 bridgehead atoms. The van der Waals surface area contributed by atoms with E-state index < -0.39 is 0 Å². The number of benzene rings is 1. The maximum absolute atomic E-state index is 10.3. The van der Waals surface area contributed by atoms with E-state index in [1.165, 1.54) is 22.3 Å². The number of nitrogens with zero attached hydrogens (tertiary/aromatic N) is 1. The van der Waals surface area contributed by atoms with Crippen LogP contribution < -0.4 is 4.74 Å². The van der Waals surface area contributed by atoms with Gasteiger partial charge in [0, 0.05) is 28.7 Å². The molecule has 6 nitrogen and oxygen atoms in total. The second kappa shape index (κ2) is 10.7. The topological polar surface area (TPSA) is 92.4 Å². The maximum atomic E-state index is 10.3. The van der Waals surface area contributed by atoms with Crippen LogP contribution in [-0.2, 0) is 42.9 Å². The Morgan fingerprint density at radius 2 is 1.76 bits per heavy atom. The Bertz CT molecular complexity index is 856. The predicted octanol–water partition coefficient (Wildman–Crippen LogP) is 2.87. The summed E-state index contributed by atoms with van der Waals surface area (Å²) >= 11 is 0. The third-order valence-electron chi connectivity index (χ3n) is 5.97. The number of hydrogen-bond acceptors (Lipinski definition) is 3. The van der Waals surface area contributed by atoms with E-state index in [-0.39, 0.29) is 36.0 Å². The molecule has 2 heterocycles. The van der Waals surface area contributed by atoms with E-state index in [2.05, 4.69) is 57.0 Å². The summed E-state index contributed by atoms with van der Waals surface area (Å²) in [5, 5.41) is 10.3. The zero-order valence-corrected chi connectivity index (χ0v) is 17.6. The quantitative estimate of drug-likeness (QED) is 0.385. The summed E-state index contributed by atoms with van der Waals surface area (Å²) in [7, 11) is 2.22. The van der Waals surface area contributed by atoms with Crippen molar-refractivity contribution in [3.63, 3.8) is 0 Å². The van der Waals surface area contributed by atoms with Gasteiger partial charge < -0.3 is 17.3 Å². The third-order valence-corrected chi connectivity index (χ3v) is 5.97. The molecule has 2 aliphatic heterocycles. The predicted molar refractivity (Wildman–Crippen MR) is 99.0 cm³/mol.